The maximum Gasteiger partial charge on any atom is 0.161 e. The van der Waals surface area contributed by atoms with Gasteiger partial charge in [0, 0.05) is 6.04 Å². The molecule has 2 N–H and O–H groups in total. The van der Waals surface area contributed by atoms with Crippen LogP contribution in [0.2, 0.25) is 0 Å². The van der Waals surface area contributed by atoms with Gasteiger partial charge >= 0.3 is 0 Å². The van der Waals surface area contributed by atoms with E-state index >= 15 is 0 Å². The van der Waals surface area contributed by atoms with E-state index in [0.717, 1.165) is 23.6 Å². The molecule has 17 heavy (non-hydrogen) atoms. The number of aliphatic hydroxyl groups excluding tert-OH is 1. The van der Waals surface area contributed by atoms with Crippen LogP contribution >= 0.6 is 0 Å². The van der Waals surface area contributed by atoms with Crippen LogP contribution in [0.5, 0.6) is 11.5 Å². The Morgan fingerprint density at radius 1 is 1.29 bits per heavy atom. The molecule has 0 spiro atoms. The molecule has 0 radical (unpaired) electrons. The Kier molecular flexibility index (Phi) is 3.86. The minimum Gasteiger partial charge on any atom is -0.486 e. The Bertz CT molecular complexity index is 381. The van der Waals surface area contributed by atoms with Crippen LogP contribution in [0.1, 0.15) is 25.5 Å². The molecule has 0 fully saturated rings. The number of benzene rings is 1. The van der Waals surface area contributed by atoms with E-state index in [1.54, 1.807) is 0 Å². The number of aliphatic hydroxyl groups is 1. The first-order valence-electron chi connectivity index (χ1n) is 6.03. The van der Waals surface area contributed by atoms with Crippen molar-refractivity contribution in [2.75, 3.05) is 19.8 Å². The fraction of sp³-hybridized carbons (Fsp3) is 0.538. The predicted molar refractivity (Wildman–Crippen MR) is 65.5 cm³/mol. The summed E-state index contributed by atoms with van der Waals surface area (Å²) in [5, 5.41) is 13.4. The Labute approximate surface area is 102 Å². The molecule has 0 amide bonds. The second kappa shape index (κ2) is 5.38. The van der Waals surface area contributed by atoms with Crippen LogP contribution < -0.4 is 14.8 Å². The Morgan fingerprint density at radius 2 is 2.00 bits per heavy atom. The van der Waals surface area contributed by atoms with Crippen molar-refractivity contribution >= 4 is 0 Å². The first-order chi connectivity index (χ1) is 8.22. The summed E-state index contributed by atoms with van der Waals surface area (Å²) in [4.78, 5) is 0. The standard InChI is InChI=1S/C13H19NO3/c1-3-14-9(2)13(15)10-4-5-11-12(8-10)17-7-6-16-11/h4-5,8-9,13-15H,3,6-7H2,1-2H3. The summed E-state index contributed by atoms with van der Waals surface area (Å²) in [6.45, 7) is 5.97. The van der Waals surface area contributed by atoms with Crippen LogP contribution in [0.3, 0.4) is 0 Å². The fourth-order valence-electron chi connectivity index (χ4n) is 1.97. The number of rotatable bonds is 4. The van der Waals surface area contributed by atoms with Crippen LogP contribution in [0.15, 0.2) is 18.2 Å². The van der Waals surface area contributed by atoms with Gasteiger partial charge in [-0.25, -0.2) is 0 Å². The molecular weight excluding hydrogens is 218 g/mol. The van der Waals surface area contributed by atoms with Gasteiger partial charge in [0.2, 0.25) is 0 Å². The van der Waals surface area contributed by atoms with Crippen molar-refractivity contribution in [3.05, 3.63) is 23.8 Å². The topological polar surface area (TPSA) is 50.7 Å². The Morgan fingerprint density at radius 3 is 2.71 bits per heavy atom. The average molecular weight is 237 g/mol. The highest BCUT2D eigenvalue weighted by Crippen LogP contribution is 2.33. The summed E-state index contributed by atoms with van der Waals surface area (Å²) in [7, 11) is 0. The van der Waals surface area contributed by atoms with E-state index < -0.39 is 6.10 Å². The van der Waals surface area contributed by atoms with Gasteiger partial charge in [-0.05, 0) is 31.2 Å². The molecule has 1 aliphatic heterocycles. The van der Waals surface area contributed by atoms with Gasteiger partial charge in [-0.15, -0.1) is 0 Å². The van der Waals surface area contributed by atoms with E-state index in [2.05, 4.69) is 5.32 Å². The number of likely N-dealkylation sites (N-methyl/N-ethyl adjacent to an activating group) is 1. The van der Waals surface area contributed by atoms with Crippen LogP contribution in [-0.2, 0) is 0 Å². The van der Waals surface area contributed by atoms with Gasteiger partial charge in [0.25, 0.3) is 0 Å². The van der Waals surface area contributed by atoms with Gasteiger partial charge in [-0.2, -0.15) is 0 Å². The molecule has 2 unspecified atom stereocenters. The van der Waals surface area contributed by atoms with Crippen molar-refractivity contribution in [1.82, 2.24) is 5.32 Å². The second-order valence-corrected chi connectivity index (χ2v) is 4.19. The van der Waals surface area contributed by atoms with Crippen molar-refractivity contribution in [1.29, 1.82) is 0 Å². The van der Waals surface area contributed by atoms with E-state index in [-0.39, 0.29) is 6.04 Å². The first kappa shape index (κ1) is 12.2. The molecule has 94 valence electrons. The van der Waals surface area contributed by atoms with Gasteiger partial charge in [-0.3, -0.25) is 0 Å². The molecule has 2 rings (SSSR count). The largest absolute Gasteiger partial charge is 0.486 e. The Balaban J connectivity index is 2.15. The van der Waals surface area contributed by atoms with Crippen LogP contribution in [0.25, 0.3) is 0 Å². The second-order valence-electron chi connectivity index (χ2n) is 4.19. The molecule has 0 saturated heterocycles. The SMILES string of the molecule is CCNC(C)C(O)c1ccc2c(c1)OCCO2. The fourth-order valence-corrected chi connectivity index (χ4v) is 1.97. The van der Waals surface area contributed by atoms with Gasteiger partial charge in [-0.1, -0.05) is 13.0 Å². The zero-order valence-electron chi connectivity index (χ0n) is 10.3. The number of hydrogen-bond donors (Lipinski definition) is 2. The lowest BCUT2D eigenvalue weighted by molar-refractivity contribution is 0.135. The van der Waals surface area contributed by atoms with Crippen LogP contribution in [0, 0.1) is 0 Å². The summed E-state index contributed by atoms with van der Waals surface area (Å²) >= 11 is 0. The molecule has 1 heterocycles. The molecule has 1 aromatic carbocycles. The smallest absolute Gasteiger partial charge is 0.161 e. The maximum absolute atomic E-state index is 10.2. The third kappa shape index (κ3) is 2.70. The molecule has 4 nitrogen and oxygen atoms in total. The lowest BCUT2D eigenvalue weighted by Gasteiger charge is -2.23. The number of hydrogen-bond acceptors (Lipinski definition) is 4. The summed E-state index contributed by atoms with van der Waals surface area (Å²) in [6, 6.07) is 5.60. The summed E-state index contributed by atoms with van der Waals surface area (Å²) < 4.78 is 10.9. The highest BCUT2D eigenvalue weighted by molar-refractivity contribution is 5.44. The average Bonchev–Trinajstić information content (AvgIpc) is 2.37. The van der Waals surface area contributed by atoms with Crippen molar-refractivity contribution in [2.24, 2.45) is 0 Å². The van der Waals surface area contributed by atoms with Crippen molar-refractivity contribution in [2.45, 2.75) is 26.0 Å². The highest BCUT2D eigenvalue weighted by atomic mass is 16.6. The molecule has 1 aliphatic rings. The van der Waals surface area contributed by atoms with Gasteiger partial charge in [0.15, 0.2) is 11.5 Å². The molecule has 0 bridgehead atoms. The normalized spacial score (nSPS) is 17.6. The molecule has 2 atom stereocenters. The minimum absolute atomic E-state index is 0.0163. The van der Waals surface area contributed by atoms with Gasteiger partial charge in [0.05, 0.1) is 6.10 Å². The molecule has 4 heteroatoms. The lowest BCUT2D eigenvalue weighted by atomic mass is 10.0. The van der Waals surface area contributed by atoms with Gasteiger partial charge < -0.3 is 19.9 Å². The highest BCUT2D eigenvalue weighted by Gasteiger charge is 2.19. The molecule has 1 aromatic rings. The summed E-state index contributed by atoms with van der Waals surface area (Å²) in [6.07, 6.45) is -0.536. The molecule has 0 saturated carbocycles. The molecular formula is C13H19NO3. The lowest BCUT2D eigenvalue weighted by Crippen LogP contribution is -2.31. The maximum atomic E-state index is 10.2. The minimum atomic E-state index is -0.536. The van der Waals surface area contributed by atoms with Crippen molar-refractivity contribution < 1.29 is 14.6 Å². The number of ether oxygens (including phenoxy) is 2. The monoisotopic (exact) mass is 237 g/mol. The summed E-state index contributed by atoms with van der Waals surface area (Å²) in [5.74, 6) is 1.47. The third-order valence-corrected chi connectivity index (χ3v) is 2.91. The number of fused-ring (bicyclic) bond motifs is 1. The zero-order valence-corrected chi connectivity index (χ0v) is 10.3. The van der Waals surface area contributed by atoms with Crippen LogP contribution in [0.4, 0.5) is 0 Å². The van der Waals surface area contributed by atoms with Gasteiger partial charge in [0.1, 0.15) is 13.2 Å². The molecule has 0 aliphatic carbocycles. The number of nitrogens with one attached hydrogen (secondary N) is 1. The quantitative estimate of drug-likeness (QED) is 0.833. The van der Waals surface area contributed by atoms with E-state index in [4.69, 9.17) is 9.47 Å². The van der Waals surface area contributed by atoms with Crippen molar-refractivity contribution in [3.63, 3.8) is 0 Å². The first-order valence-corrected chi connectivity index (χ1v) is 6.03. The molecule has 0 aromatic heterocycles. The Hall–Kier alpha value is -1.26. The van der Waals surface area contributed by atoms with E-state index in [1.807, 2.05) is 32.0 Å². The van der Waals surface area contributed by atoms with Crippen molar-refractivity contribution in [3.8, 4) is 11.5 Å². The van der Waals surface area contributed by atoms with Crippen LogP contribution in [-0.4, -0.2) is 30.9 Å². The van der Waals surface area contributed by atoms with E-state index in [1.165, 1.54) is 0 Å². The van der Waals surface area contributed by atoms with E-state index in [0.29, 0.717) is 13.2 Å². The third-order valence-electron chi connectivity index (χ3n) is 2.91. The van der Waals surface area contributed by atoms with E-state index in [9.17, 15) is 5.11 Å². The zero-order chi connectivity index (χ0) is 12.3. The predicted octanol–water partition coefficient (Wildman–Crippen LogP) is 1.49. The summed E-state index contributed by atoms with van der Waals surface area (Å²) in [5.41, 5.74) is 0.850.